The van der Waals surface area contributed by atoms with E-state index < -0.39 is 13.0 Å². The highest BCUT2D eigenvalue weighted by Gasteiger charge is 2.09. The van der Waals surface area contributed by atoms with Gasteiger partial charge in [-0.3, -0.25) is 5.10 Å². The van der Waals surface area contributed by atoms with E-state index in [1.165, 1.54) is 0 Å². The second-order valence-corrected chi connectivity index (χ2v) is 2.86. The van der Waals surface area contributed by atoms with Crippen molar-refractivity contribution in [1.82, 2.24) is 15.2 Å². The van der Waals surface area contributed by atoms with Gasteiger partial charge in [-0.25, -0.2) is 8.78 Å². The first-order valence-electron chi connectivity index (χ1n) is 3.93. The van der Waals surface area contributed by atoms with Crippen LogP contribution < -0.4 is 4.74 Å². The number of rotatable bonds is 4. The smallest absolute Gasteiger partial charge is 0.335 e. The number of aromatic amines is 1. The molecule has 0 fully saturated rings. The Morgan fingerprint density at radius 3 is 2.62 bits per heavy atom. The van der Waals surface area contributed by atoms with E-state index in [0.29, 0.717) is 5.82 Å². The molecule has 0 aliphatic rings. The molecule has 6 heteroatoms. The summed E-state index contributed by atoms with van der Waals surface area (Å²) in [6.45, 7) is 3.16. The highest BCUT2D eigenvalue weighted by atomic mass is 19.3. The number of hydrogen-bond acceptors (Lipinski definition) is 3. The molecule has 74 valence electrons. The molecule has 0 saturated heterocycles. The average Bonchev–Trinajstić information content (AvgIpc) is 2.48. The molecule has 1 aromatic heterocycles. The Kier molecular flexibility index (Phi) is 3.16. The average molecular weight is 191 g/mol. The Balaban J connectivity index is 2.49. The maximum absolute atomic E-state index is 11.7. The zero-order chi connectivity index (χ0) is 9.84. The molecule has 4 nitrogen and oxygen atoms in total. The Morgan fingerprint density at radius 2 is 2.15 bits per heavy atom. The van der Waals surface area contributed by atoms with E-state index in [2.05, 4.69) is 19.9 Å². The third kappa shape index (κ3) is 2.96. The number of alkyl halides is 2. The monoisotopic (exact) mass is 191 g/mol. The molecule has 0 unspecified atom stereocenters. The summed E-state index contributed by atoms with van der Waals surface area (Å²) >= 11 is 0. The molecule has 1 aromatic rings. The van der Waals surface area contributed by atoms with Crippen LogP contribution in [0.2, 0.25) is 0 Å². The van der Waals surface area contributed by atoms with E-state index in [1.54, 1.807) is 0 Å². The highest BCUT2D eigenvalue weighted by Crippen LogP contribution is 2.11. The van der Waals surface area contributed by atoms with E-state index in [0.717, 1.165) is 0 Å². The van der Waals surface area contributed by atoms with Crippen molar-refractivity contribution in [2.45, 2.75) is 26.2 Å². The zero-order valence-corrected chi connectivity index (χ0v) is 7.42. The van der Waals surface area contributed by atoms with Crippen LogP contribution in [-0.2, 0) is 0 Å². The van der Waals surface area contributed by atoms with Crippen LogP contribution in [0.15, 0.2) is 0 Å². The minimum atomic E-state index is -2.50. The molecule has 0 aromatic carbocycles. The van der Waals surface area contributed by atoms with Crippen molar-refractivity contribution in [3.63, 3.8) is 0 Å². The van der Waals surface area contributed by atoms with Gasteiger partial charge in [-0.2, -0.15) is 4.98 Å². The quantitative estimate of drug-likeness (QED) is 0.785. The lowest BCUT2D eigenvalue weighted by Gasteiger charge is -1.98. The van der Waals surface area contributed by atoms with Gasteiger partial charge in [-0.05, 0) is 0 Å². The molecular formula is C7H11F2N3O. The van der Waals surface area contributed by atoms with Crippen molar-refractivity contribution in [2.24, 2.45) is 0 Å². The fourth-order valence-electron chi connectivity index (χ4n) is 0.718. The van der Waals surface area contributed by atoms with Crippen LogP contribution >= 0.6 is 0 Å². The van der Waals surface area contributed by atoms with Gasteiger partial charge in [-0.1, -0.05) is 13.8 Å². The fourth-order valence-corrected chi connectivity index (χ4v) is 0.718. The third-order valence-corrected chi connectivity index (χ3v) is 1.37. The molecule has 0 atom stereocenters. The Bertz CT molecular complexity index is 262. The van der Waals surface area contributed by atoms with Crippen molar-refractivity contribution >= 4 is 0 Å². The van der Waals surface area contributed by atoms with Gasteiger partial charge in [0.1, 0.15) is 5.82 Å². The molecule has 0 aliphatic carbocycles. The van der Waals surface area contributed by atoms with E-state index in [-0.39, 0.29) is 11.9 Å². The Labute approximate surface area is 74.3 Å². The van der Waals surface area contributed by atoms with Gasteiger partial charge in [0, 0.05) is 5.92 Å². The highest BCUT2D eigenvalue weighted by molar-refractivity contribution is 4.98. The number of nitrogens with one attached hydrogen (secondary N) is 1. The van der Waals surface area contributed by atoms with Gasteiger partial charge in [0.25, 0.3) is 6.43 Å². The predicted octanol–water partition coefficient (Wildman–Crippen LogP) is 1.57. The van der Waals surface area contributed by atoms with Crippen LogP contribution in [-0.4, -0.2) is 28.2 Å². The van der Waals surface area contributed by atoms with Crippen LogP contribution in [0.1, 0.15) is 25.6 Å². The topological polar surface area (TPSA) is 50.8 Å². The number of aromatic nitrogens is 3. The van der Waals surface area contributed by atoms with Crippen molar-refractivity contribution in [1.29, 1.82) is 0 Å². The Morgan fingerprint density at radius 1 is 1.46 bits per heavy atom. The van der Waals surface area contributed by atoms with E-state index in [9.17, 15) is 8.78 Å². The second-order valence-electron chi connectivity index (χ2n) is 2.86. The summed E-state index contributed by atoms with van der Waals surface area (Å²) in [6, 6.07) is -0.0241. The standard InChI is InChI=1S/C7H11F2N3O/c1-4(2)6-10-7(12-11-6)13-3-5(8)9/h4-5H,3H2,1-2H3,(H,10,11,12). The molecule has 0 amide bonds. The fraction of sp³-hybridized carbons (Fsp3) is 0.714. The molecule has 1 N–H and O–H groups in total. The molecule has 0 bridgehead atoms. The lowest BCUT2D eigenvalue weighted by molar-refractivity contribution is 0.0772. The minimum absolute atomic E-state index is 0.0241. The first kappa shape index (κ1) is 9.88. The van der Waals surface area contributed by atoms with Gasteiger partial charge in [-0.15, -0.1) is 5.10 Å². The van der Waals surface area contributed by atoms with Crippen molar-refractivity contribution in [3.05, 3.63) is 5.82 Å². The summed E-state index contributed by atoms with van der Waals surface area (Å²) in [7, 11) is 0. The van der Waals surface area contributed by atoms with Crippen LogP contribution in [0.25, 0.3) is 0 Å². The molecule has 0 radical (unpaired) electrons. The molecule has 0 spiro atoms. The van der Waals surface area contributed by atoms with Crippen LogP contribution in [0.5, 0.6) is 6.01 Å². The molecule has 1 heterocycles. The predicted molar refractivity (Wildman–Crippen MR) is 42.0 cm³/mol. The summed E-state index contributed by atoms with van der Waals surface area (Å²) in [5.41, 5.74) is 0. The lowest BCUT2D eigenvalue weighted by Crippen LogP contribution is -2.07. The number of halogens is 2. The summed E-state index contributed by atoms with van der Waals surface area (Å²) in [4.78, 5) is 3.86. The van der Waals surface area contributed by atoms with Gasteiger partial charge in [0.2, 0.25) is 0 Å². The van der Waals surface area contributed by atoms with Gasteiger partial charge < -0.3 is 4.74 Å². The summed E-state index contributed by atoms with van der Waals surface area (Å²) in [6.07, 6.45) is -2.50. The largest absolute Gasteiger partial charge is 0.456 e. The number of H-pyrrole nitrogens is 1. The number of nitrogens with zero attached hydrogens (tertiary/aromatic N) is 2. The van der Waals surface area contributed by atoms with Crippen LogP contribution in [0.4, 0.5) is 8.78 Å². The lowest BCUT2D eigenvalue weighted by atomic mass is 10.2. The van der Waals surface area contributed by atoms with Crippen LogP contribution in [0.3, 0.4) is 0 Å². The summed E-state index contributed by atoms with van der Waals surface area (Å²) in [5, 5.41) is 6.22. The molecule has 0 aliphatic heterocycles. The zero-order valence-electron chi connectivity index (χ0n) is 7.42. The van der Waals surface area contributed by atoms with Gasteiger partial charge in [0.15, 0.2) is 6.61 Å². The summed E-state index contributed by atoms with van der Waals surface area (Å²) in [5.74, 6) is 0.806. The van der Waals surface area contributed by atoms with E-state index in [4.69, 9.17) is 0 Å². The first-order valence-corrected chi connectivity index (χ1v) is 3.93. The van der Waals surface area contributed by atoms with E-state index in [1.807, 2.05) is 13.8 Å². The SMILES string of the molecule is CC(C)c1nc(OCC(F)F)n[nH]1. The molecule has 1 rings (SSSR count). The van der Waals surface area contributed by atoms with Crippen molar-refractivity contribution < 1.29 is 13.5 Å². The maximum atomic E-state index is 11.7. The number of ether oxygens (including phenoxy) is 1. The van der Waals surface area contributed by atoms with Crippen molar-refractivity contribution in [3.8, 4) is 6.01 Å². The first-order chi connectivity index (χ1) is 6.09. The third-order valence-electron chi connectivity index (χ3n) is 1.37. The van der Waals surface area contributed by atoms with Gasteiger partial charge >= 0.3 is 6.01 Å². The summed E-state index contributed by atoms with van der Waals surface area (Å²) < 4.78 is 28.0. The minimum Gasteiger partial charge on any atom is -0.456 e. The molecule has 0 saturated carbocycles. The maximum Gasteiger partial charge on any atom is 0.335 e. The van der Waals surface area contributed by atoms with E-state index >= 15 is 0 Å². The van der Waals surface area contributed by atoms with Crippen LogP contribution in [0, 0.1) is 0 Å². The molecule has 13 heavy (non-hydrogen) atoms. The number of hydrogen-bond donors (Lipinski definition) is 1. The van der Waals surface area contributed by atoms with Crippen molar-refractivity contribution in [2.75, 3.05) is 6.61 Å². The molecular weight excluding hydrogens is 180 g/mol. The normalized spacial score (nSPS) is 11.2. The second kappa shape index (κ2) is 4.15. The van der Waals surface area contributed by atoms with Gasteiger partial charge in [0.05, 0.1) is 0 Å². The Hall–Kier alpha value is -1.20.